The fourth-order valence-corrected chi connectivity index (χ4v) is 1.94. The van der Waals surface area contributed by atoms with Crippen molar-refractivity contribution in [2.24, 2.45) is 0 Å². The van der Waals surface area contributed by atoms with Gasteiger partial charge in [0.1, 0.15) is 0 Å². The van der Waals surface area contributed by atoms with Crippen LogP contribution in [0.5, 0.6) is 0 Å². The molecule has 0 amide bonds. The van der Waals surface area contributed by atoms with Crippen molar-refractivity contribution >= 4 is 11.7 Å². The molecule has 2 rings (SSSR count). The van der Waals surface area contributed by atoms with Crippen molar-refractivity contribution < 1.29 is 14.8 Å². The summed E-state index contributed by atoms with van der Waals surface area (Å²) >= 11 is 0. The van der Waals surface area contributed by atoms with E-state index in [1.165, 1.54) is 23.0 Å². The van der Waals surface area contributed by atoms with Crippen molar-refractivity contribution in [3.05, 3.63) is 45.4 Å². The average Bonchev–Trinajstić information content (AvgIpc) is 2.66. The minimum Gasteiger partial charge on any atom is -0.481 e. The molecule has 8 heteroatoms. The highest BCUT2D eigenvalue weighted by Crippen LogP contribution is 2.19. The summed E-state index contributed by atoms with van der Waals surface area (Å²) in [7, 11) is 0. The molecule has 0 fully saturated rings. The lowest BCUT2D eigenvalue weighted by atomic mass is 10.1. The van der Waals surface area contributed by atoms with E-state index >= 15 is 0 Å². The Bertz CT molecular complexity index is 693. The average molecular weight is 276 g/mol. The third kappa shape index (κ3) is 2.48. The summed E-state index contributed by atoms with van der Waals surface area (Å²) in [6.45, 7) is 3.40. The van der Waals surface area contributed by atoms with E-state index in [0.29, 0.717) is 17.0 Å². The molecule has 0 unspecified atom stereocenters. The number of hydrogen-bond acceptors (Lipinski definition) is 5. The second kappa shape index (κ2) is 5.08. The SMILES string of the molecule is Cc1nn(-c2cc([N+](=O)[O-])ccn2)c(C)c1CC(=O)O. The summed E-state index contributed by atoms with van der Waals surface area (Å²) < 4.78 is 1.42. The fourth-order valence-electron chi connectivity index (χ4n) is 1.94. The largest absolute Gasteiger partial charge is 0.481 e. The second-order valence-electron chi connectivity index (χ2n) is 4.26. The van der Waals surface area contributed by atoms with Crippen LogP contribution in [0.25, 0.3) is 5.82 Å². The quantitative estimate of drug-likeness (QED) is 0.667. The first kappa shape index (κ1) is 13.7. The first-order valence-corrected chi connectivity index (χ1v) is 5.78. The van der Waals surface area contributed by atoms with E-state index < -0.39 is 10.9 Å². The molecular formula is C12H12N4O4. The third-order valence-electron chi connectivity index (χ3n) is 2.93. The Labute approximate surface area is 113 Å². The summed E-state index contributed by atoms with van der Waals surface area (Å²) in [4.78, 5) is 25.1. The van der Waals surface area contributed by atoms with Crippen molar-refractivity contribution in [2.75, 3.05) is 0 Å². The maximum absolute atomic E-state index is 10.8. The van der Waals surface area contributed by atoms with Crippen molar-refractivity contribution in [3.8, 4) is 5.82 Å². The lowest BCUT2D eigenvalue weighted by Gasteiger charge is -2.03. The highest BCUT2D eigenvalue weighted by Gasteiger charge is 2.17. The van der Waals surface area contributed by atoms with Crippen LogP contribution < -0.4 is 0 Å². The summed E-state index contributed by atoms with van der Waals surface area (Å²) in [5, 5.41) is 23.8. The first-order valence-electron chi connectivity index (χ1n) is 5.78. The van der Waals surface area contributed by atoms with E-state index in [4.69, 9.17) is 5.11 Å². The van der Waals surface area contributed by atoms with Gasteiger partial charge in [-0.2, -0.15) is 5.10 Å². The first-order chi connectivity index (χ1) is 9.40. The second-order valence-corrected chi connectivity index (χ2v) is 4.26. The summed E-state index contributed by atoms with van der Waals surface area (Å²) in [5.74, 6) is -0.667. The molecule has 20 heavy (non-hydrogen) atoms. The molecule has 0 atom stereocenters. The zero-order chi connectivity index (χ0) is 14.9. The van der Waals surface area contributed by atoms with Gasteiger partial charge in [-0.3, -0.25) is 14.9 Å². The molecule has 2 aromatic rings. The monoisotopic (exact) mass is 276 g/mol. The predicted octanol–water partition coefficient (Wildman–Crippen LogP) is 1.42. The van der Waals surface area contributed by atoms with Crippen molar-refractivity contribution in [1.82, 2.24) is 14.8 Å². The Morgan fingerprint density at radius 1 is 1.50 bits per heavy atom. The molecule has 0 saturated carbocycles. The Kier molecular flexibility index (Phi) is 3.47. The molecule has 104 valence electrons. The summed E-state index contributed by atoms with van der Waals surface area (Å²) in [5.41, 5.74) is 1.67. The predicted molar refractivity (Wildman–Crippen MR) is 68.8 cm³/mol. The van der Waals surface area contributed by atoms with Crippen LogP contribution in [0.15, 0.2) is 18.3 Å². The van der Waals surface area contributed by atoms with Crippen molar-refractivity contribution in [2.45, 2.75) is 20.3 Å². The van der Waals surface area contributed by atoms with Gasteiger partial charge in [-0.25, -0.2) is 9.67 Å². The van der Waals surface area contributed by atoms with Crippen LogP contribution in [-0.2, 0) is 11.2 Å². The topological polar surface area (TPSA) is 111 Å². The number of aromatic nitrogens is 3. The number of rotatable bonds is 4. The van der Waals surface area contributed by atoms with Gasteiger partial charge < -0.3 is 5.11 Å². The Hall–Kier alpha value is -2.77. The molecule has 1 N–H and O–H groups in total. The maximum atomic E-state index is 10.8. The Balaban J connectivity index is 2.51. The molecule has 0 aliphatic rings. The van der Waals surface area contributed by atoms with Crippen LogP contribution in [0.1, 0.15) is 17.0 Å². The van der Waals surface area contributed by atoms with Gasteiger partial charge in [-0.1, -0.05) is 0 Å². The number of carbonyl (C=O) groups is 1. The number of carboxylic acid groups (broad SMARTS) is 1. The van der Waals surface area contributed by atoms with E-state index in [9.17, 15) is 14.9 Å². The lowest BCUT2D eigenvalue weighted by Crippen LogP contribution is -2.05. The number of nitrogens with zero attached hydrogens (tertiary/aromatic N) is 4. The zero-order valence-electron chi connectivity index (χ0n) is 10.9. The van der Waals surface area contributed by atoms with Gasteiger partial charge in [0.25, 0.3) is 5.69 Å². The van der Waals surface area contributed by atoms with Gasteiger partial charge in [-0.05, 0) is 13.8 Å². The van der Waals surface area contributed by atoms with Crippen LogP contribution in [-0.4, -0.2) is 30.8 Å². The van der Waals surface area contributed by atoms with E-state index in [1.807, 2.05) is 0 Å². The molecule has 0 radical (unpaired) electrons. The van der Waals surface area contributed by atoms with Crippen LogP contribution in [0, 0.1) is 24.0 Å². The van der Waals surface area contributed by atoms with Gasteiger partial charge in [-0.15, -0.1) is 0 Å². The number of aryl methyl sites for hydroxylation is 1. The van der Waals surface area contributed by atoms with Gasteiger partial charge >= 0.3 is 5.97 Å². The van der Waals surface area contributed by atoms with E-state index in [0.717, 1.165) is 0 Å². The molecular weight excluding hydrogens is 264 g/mol. The van der Waals surface area contributed by atoms with E-state index in [-0.39, 0.29) is 17.9 Å². The minimum atomic E-state index is -0.956. The van der Waals surface area contributed by atoms with E-state index in [1.54, 1.807) is 13.8 Å². The third-order valence-corrected chi connectivity index (χ3v) is 2.93. The normalized spacial score (nSPS) is 10.5. The highest BCUT2D eigenvalue weighted by atomic mass is 16.6. The van der Waals surface area contributed by atoms with Crippen LogP contribution in [0.2, 0.25) is 0 Å². The molecule has 8 nitrogen and oxygen atoms in total. The van der Waals surface area contributed by atoms with Gasteiger partial charge in [0.15, 0.2) is 5.82 Å². The van der Waals surface area contributed by atoms with Crippen LogP contribution in [0.4, 0.5) is 5.69 Å². The number of carboxylic acids is 1. The molecule has 0 aliphatic carbocycles. The molecule has 2 aromatic heterocycles. The smallest absolute Gasteiger partial charge is 0.307 e. The number of aliphatic carboxylic acids is 1. The van der Waals surface area contributed by atoms with Gasteiger partial charge in [0, 0.05) is 23.5 Å². The maximum Gasteiger partial charge on any atom is 0.307 e. The minimum absolute atomic E-state index is 0.0951. The number of hydrogen-bond donors (Lipinski definition) is 1. The summed E-state index contributed by atoms with van der Waals surface area (Å²) in [6.07, 6.45) is 1.17. The molecule has 0 saturated heterocycles. The molecule has 0 spiro atoms. The fraction of sp³-hybridized carbons (Fsp3) is 0.250. The Morgan fingerprint density at radius 3 is 2.80 bits per heavy atom. The molecule has 0 aliphatic heterocycles. The van der Waals surface area contributed by atoms with Gasteiger partial charge in [0.05, 0.1) is 23.1 Å². The van der Waals surface area contributed by atoms with E-state index in [2.05, 4.69) is 10.1 Å². The molecule has 0 aromatic carbocycles. The van der Waals surface area contributed by atoms with Crippen molar-refractivity contribution in [1.29, 1.82) is 0 Å². The van der Waals surface area contributed by atoms with Crippen LogP contribution in [0.3, 0.4) is 0 Å². The van der Waals surface area contributed by atoms with Gasteiger partial charge in [0.2, 0.25) is 0 Å². The zero-order valence-corrected chi connectivity index (χ0v) is 10.9. The highest BCUT2D eigenvalue weighted by molar-refractivity contribution is 5.71. The lowest BCUT2D eigenvalue weighted by molar-refractivity contribution is -0.384. The Morgan fingerprint density at radius 2 is 2.20 bits per heavy atom. The van der Waals surface area contributed by atoms with Crippen molar-refractivity contribution in [3.63, 3.8) is 0 Å². The molecule has 2 heterocycles. The standard InChI is InChI=1S/C12H12N4O4/c1-7-10(6-12(17)18)8(2)15(14-7)11-5-9(16(19)20)3-4-13-11/h3-5H,6H2,1-2H3,(H,17,18). The molecule has 0 bridgehead atoms. The summed E-state index contributed by atoms with van der Waals surface area (Å²) in [6, 6.07) is 2.58. The number of nitro groups is 1. The van der Waals surface area contributed by atoms with Crippen LogP contribution >= 0.6 is 0 Å². The number of pyridine rings is 1.